The van der Waals surface area contributed by atoms with Gasteiger partial charge in [0.15, 0.2) is 6.29 Å². The average molecular weight is 211 g/mol. The molecule has 0 N–H and O–H groups in total. The van der Waals surface area contributed by atoms with Gasteiger partial charge >= 0.3 is 0 Å². The first kappa shape index (κ1) is 10.9. The smallest absolute Gasteiger partial charge is 0.222 e. The van der Waals surface area contributed by atoms with Crippen LogP contribution in [0.25, 0.3) is 0 Å². The van der Waals surface area contributed by atoms with Crippen LogP contribution in [0.3, 0.4) is 0 Å². The van der Waals surface area contributed by atoms with Crippen LogP contribution in [0.15, 0.2) is 11.4 Å². The number of carbonyl (C=O) groups is 2. The minimum atomic E-state index is 0.0908. The molecule has 1 heterocycles. The van der Waals surface area contributed by atoms with Gasteiger partial charge in [0.1, 0.15) is 0 Å². The van der Waals surface area contributed by atoms with Crippen molar-refractivity contribution in [3.8, 4) is 0 Å². The third-order valence-corrected chi connectivity index (χ3v) is 2.88. The minimum Gasteiger partial charge on any atom is -0.349 e. The van der Waals surface area contributed by atoms with Crippen LogP contribution < -0.4 is 0 Å². The Balaban J connectivity index is 2.53. The Morgan fingerprint density at radius 2 is 2.29 bits per heavy atom. The highest BCUT2D eigenvalue weighted by molar-refractivity contribution is 7.11. The normalized spacial score (nSPS) is 9.86. The molecule has 0 fully saturated rings. The second-order valence-electron chi connectivity index (χ2n) is 3.22. The fourth-order valence-corrected chi connectivity index (χ4v) is 1.88. The monoisotopic (exact) mass is 211 g/mol. The van der Waals surface area contributed by atoms with E-state index in [1.165, 1.54) is 11.3 Å². The lowest BCUT2D eigenvalue weighted by Gasteiger charge is -2.09. The van der Waals surface area contributed by atoms with Crippen LogP contribution in [0.5, 0.6) is 0 Å². The van der Waals surface area contributed by atoms with E-state index >= 15 is 0 Å². The lowest BCUT2D eigenvalue weighted by atomic mass is 10.1. The van der Waals surface area contributed by atoms with Crippen molar-refractivity contribution in [2.45, 2.75) is 12.8 Å². The summed E-state index contributed by atoms with van der Waals surface area (Å²) in [5.41, 5.74) is 0.972. The van der Waals surface area contributed by atoms with Crippen molar-refractivity contribution in [3.63, 3.8) is 0 Å². The van der Waals surface area contributed by atoms with Gasteiger partial charge in [-0.25, -0.2) is 0 Å². The fourth-order valence-electron chi connectivity index (χ4n) is 1.12. The molecule has 0 bridgehead atoms. The average Bonchev–Trinajstić information content (AvgIpc) is 2.60. The Hall–Kier alpha value is -1.16. The number of aldehydes is 1. The third kappa shape index (κ3) is 2.67. The summed E-state index contributed by atoms with van der Waals surface area (Å²) in [7, 11) is 3.47. The number of rotatable bonds is 4. The number of hydrogen-bond donors (Lipinski definition) is 0. The molecule has 3 nitrogen and oxygen atoms in total. The van der Waals surface area contributed by atoms with Gasteiger partial charge in [-0.15, -0.1) is 11.3 Å². The Labute approximate surface area is 87.3 Å². The van der Waals surface area contributed by atoms with E-state index in [9.17, 15) is 9.59 Å². The fraction of sp³-hybridized carbons (Fsp3) is 0.400. The van der Waals surface area contributed by atoms with E-state index in [0.717, 1.165) is 16.7 Å². The van der Waals surface area contributed by atoms with Gasteiger partial charge in [-0.3, -0.25) is 9.59 Å². The molecule has 0 radical (unpaired) electrons. The standard InChI is InChI=1S/C10H13NO2S/c1-11(2)10(13)4-3-8-5-6-14-9(8)7-12/h5-7H,3-4H2,1-2H3. The van der Waals surface area contributed by atoms with E-state index < -0.39 is 0 Å². The van der Waals surface area contributed by atoms with Gasteiger partial charge in [0, 0.05) is 20.5 Å². The molecule has 0 aliphatic rings. The molecule has 1 amide bonds. The predicted molar refractivity (Wildman–Crippen MR) is 56.7 cm³/mol. The number of nitrogens with zero attached hydrogens (tertiary/aromatic N) is 1. The van der Waals surface area contributed by atoms with E-state index in [0.29, 0.717) is 12.8 Å². The van der Waals surface area contributed by atoms with Crippen molar-refractivity contribution in [2.75, 3.05) is 14.1 Å². The summed E-state index contributed by atoms with van der Waals surface area (Å²) < 4.78 is 0. The van der Waals surface area contributed by atoms with Gasteiger partial charge in [0.05, 0.1) is 4.88 Å². The first-order valence-electron chi connectivity index (χ1n) is 4.37. The van der Waals surface area contributed by atoms with E-state index in [1.54, 1.807) is 19.0 Å². The lowest BCUT2D eigenvalue weighted by molar-refractivity contribution is -0.128. The van der Waals surface area contributed by atoms with Crippen molar-refractivity contribution >= 4 is 23.5 Å². The molecule has 0 unspecified atom stereocenters. The van der Waals surface area contributed by atoms with Gasteiger partial charge in [-0.2, -0.15) is 0 Å². The van der Waals surface area contributed by atoms with Crippen molar-refractivity contribution in [3.05, 3.63) is 21.9 Å². The van der Waals surface area contributed by atoms with Crippen molar-refractivity contribution < 1.29 is 9.59 Å². The molecule has 0 aliphatic carbocycles. The second-order valence-corrected chi connectivity index (χ2v) is 4.16. The maximum Gasteiger partial charge on any atom is 0.222 e. The van der Waals surface area contributed by atoms with Crippen molar-refractivity contribution in [1.29, 1.82) is 0 Å². The molecule has 0 aliphatic heterocycles. The molecular weight excluding hydrogens is 198 g/mol. The second kappa shape index (κ2) is 4.91. The zero-order valence-electron chi connectivity index (χ0n) is 8.32. The Morgan fingerprint density at radius 1 is 1.57 bits per heavy atom. The van der Waals surface area contributed by atoms with Gasteiger partial charge in [-0.05, 0) is 23.4 Å². The summed E-state index contributed by atoms with van der Waals surface area (Å²) in [6.45, 7) is 0. The van der Waals surface area contributed by atoms with Crippen LogP contribution in [0.4, 0.5) is 0 Å². The number of hydrogen-bond acceptors (Lipinski definition) is 3. The quantitative estimate of drug-likeness (QED) is 0.709. The molecule has 0 spiro atoms. The van der Waals surface area contributed by atoms with Crippen molar-refractivity contribution in [2.24, 2.45) is 0 Å². The maximum atomic E-state index is 11.3. The van der Waals surface area contributed by atoms with Crippen LogP contribution in [0.2, 0.25) is 0 Å². The van der Waals surface area contributed by atoms with Crippen LogP contribution in [-0.2, 0) is 11.2 Å². The van der Waals surface area contributed by atoms with E-state index in [1.807, 2.05) is 11.4 Å². The molecule has 4 heteroatoms. The first-order chi connectivity index (χ1) is 6.65. The summed E-state index contributed by atoms with van der Waals surface area (Å²) >= 11 is 1.42. The van der Waals surface area contributed by atoms with E-state index in [-0.39, 0.29) is 5.91 Å². The molecule has 1 rings (SSSR count). The topological polar surface area (TPSA) is 37.4 Å². The minimum absolute atomic E-state index is 0.0908. The van der Waals surface area contributed by atoms with E-state index in [2.05, 4.69) is 0 Å². The molecule has 1 aromatic rings. The summed E-state index contributed by atoms with van der Waals surface area (Å²) in [6.07, 6.45) is 1.96. The number of amides is 1. The highest BCUT2D eigenvalue weighted by Gasteiger charge is 2.07. The molecule has 0 saturated heterocycles. The molecule has 0 atom stereocenters. The highest BCUT2D eigenvalue weighted by atomic mass is 32.1. The molecule has 1 aromatic heterocycles. The molecule has 0 aromatic carbocycles. The highest BCUT2D eigenvalue weighted by Crippen LogP contribution is 2.16. The van der Waals surface area contributed by atoms with Crippen molar-refractivity contribution in [1.82, 2.24) is 4.90 Å². The van der Waals surface area contributed by atoms with Gasteiger partial charge in [-0.1, -0.05) is 0 Å². The van der Waals surface area contributed by atoms with Gasteiger partial charge < -0.3 is 4.90 Å². The van der Waals surface area contributed by atoms with Crippen LogP contribution in [-0.4, -0.2) is 31.2 Å². The molecule has 14 heavy (non-hydrogen) atoms. The summed E-state index contributed by atoms with van der Waals surface area (Å²) in [5.74, 6) is 0.0908. The maximum absolute atomic E-state index is 11.3. The van der Waals surface area contributed by atoms with Gasteiger partial charge in [0.2, 0.25) is 5.91 Å². The van der Waals surface area contributed by atoms with E-state index in [4.69, 9.17) is 0 Å². The largest absolute Gasteiger partial charge is 0.349 e. The lowest BCUT2D eigenvalue weighted by Crippen LogP contribution is -2.21. The number of aryl methyl sites for hydroxylation is 1. The van der Waals surface area contributed by atoms with Crippen LogP contribution in [0.1, 0.15) is 21.7 Å². The van der Waals surface area contributed by atoms with Crippen LogP contribution >= 0.6 is 11.3 Å². The molecule has 76 valence electrons. The zero-order valence-corrected chi connectivity index (χ0v) is 9.13. The summed E-state index contributed by atoms with van der Waals surface area (Å²) in [6, 6.07) is 1.90. The Bertz CT molecular complexity index is 331. The Morgan fingerprint density at radius 3 is 2.86 bits per heavy atom. The summed E-state index contributed by atoms with van der Waals surface area (Å²) in [4.78, 5) is 24.2. The van der Waals surface area contributed by atoms with Crippen LogP contribution in [0, 0.1) is 0 Å². The summed E-state index contributed by atoms with van der Waals surface area (Å²) in [5, 5.41) is 1.87. The predicted octanol–water partition coefficient (Wildman–Crippen LogP) is 1.58. The zero-order chi connectivity index (χ0) is 10.6. The number of thiophene rings is 1. The molecule has 0 saturated carbocycles. The third-order valence-electron chi connectivity index (χ3n) is 1.99. The molecular formula is C10H13NO2S. The number of carbonyl (C=O) groups excluding carboxylic acids is 2. The van der Waals surface area contributed by atoms with Gasteiger partial charge in [0.25, 0.3) is 0 Å². The Kier molecular flexibility index (Phi) is 3.83. The first-order valence-corrected chi connectivity index (χ1v) is 5.25. The SMILES string of the molecule is CN(C)C(=O)CCc1ccsc1C=O.